The number of aliphatic carboxylic acids is 1. The Balaban J connectivity index is 2.23. The van der Waals surface area contributed by atoms with Crippen LogP contribution in [0.5, 0.6) is 0 Å². The van der Waals surface area contributed by atoms with Gasteiger partial charge in [-0.15, -0.1) is 0 Å². The summed E-state index contributed by atoms with van der Waals surface area (Å²) in [6.45, 7) is 0. The van der Waals surface area contributed by atoms with Crippen LogP contribution in [0.25, 0.3) is 17.4 Å². The summed E-state index contributed by atoms with van der Waals surface area (Å²) >= 11 is 0. The van der Waals surface area contributed by atoms with Crippen molar-refractivity contribution in [2.24, 2.45) is 5.73 Å². The average molecular weight is 257 g/mol. The first-order valence-corrected chi connectivity index (χ1v) is 5.47. The first kappa shape index (κ1) is 12.6. The van der Waals surface area contributed by atoms with Crippen LogP contribution in [0.3, 0.4) is 0 Å². The van der Waals surface area contributed by atoms with Gasteiger partial charge in [0.2, 0.25) is 5.91 Å². The molecule has 0 bridgehead atoms. The van der Waals surface area contributed by atoms with Crippen LogP contribution in [0.1, 0.15) is 16.1 Å². The monoisotopic (exact) mass is 257 g/mol. The van der Waals surface area contributed by atoms with Gasteiger partial charge in [-0.05, 0) is 30.3 Å². The van der Waals surface area contributed by atoms with Gasteiger partial charge < -0.3 is 15.3 Å². The summed E-state index contributed by atoms with van der Waals surface area (Å²) in [6.07, 6.45) is 2.36. The molecule has 1 aromatic heterocycles. The summed E-state index contributed by atoms with van der Waals surface area (Å²) < 4.78 is 5.45. The Morgan fingerprint density at radius 2 is 1.79 bits per heavy atom. The molecule has 0 saturated heterocycles. The Hall–Kier alpha value is -2.82. The quantitative estimate of drug-likeness (QED) is 0.820. The average Bonchev–Trinajstić information content (AvgIpc) is 2.85. The van der Waals surface area contributed by atoms with Crippen LogP contribution >= 0.6 is 0 Å². The van der Waals surface area contributed by atoms with E-state index in [-0.39, 0.29) is 0 Å². The van der Waals surface area contributed by atoms with Crippen molar-refractivity contribution in [3.8, 4) is 11.3 Å². The van der Waals surface area contributed by atoms with Crippen molar-refractivity contribution in [2.45, 2.75) is 0 Å². The van der Waals surface area contributed by atoms with E-state index in [1.807, 2.05) is 0 Å². The highest BCUT2D eigenvalue weighted by Crippen LogP contribution is 2.23. The molecular formula is C14H11NO4. The first-order chi connectivity index (χ1) is 9.06. The molecule has 0 radical (unpaired) electrons. The van der Waals surface area contributed by atoms with Gasteiger partial charge in [0.15, 0.2) is 0 Å². The fraction of sp³-hybridized carbons (Fsp3) is 0. The normalized spacial score (nSPS) is 10.7. The van der Waals surface area contributed by atoms with Crippen LogP contribution in [0.4, 0.5) is 0 Å². The molecule has 0 unspecified atom stereocenters. The molecule has 5 nitrogen and oxygen atoms in total. The number of hydrogen-bond donors (Lipinski definition) is 2. The van der Waals surface area contributed by atoms with Crippen LogP contribution in [-0.4, -0.2) is 17.0 Å². The highest BCUT2D eigenvalue weighted by Gasteiger charge is 2.05. The Kier molecular flexibility index (Phi) is 3.47. The van der Waals surface area contributed by atoms with Gasteiger partial charge in [-0.2, -0.15) is 0 Å². The number of benzene rings is 1. The molecule has 0 aliphatic heterocycles. The van der Waals surface area contributed by atoms with Crippen molar-refractivity contribution in [1.29, 1.82) is 0 Å². The van der Waals surface area contributed by atoms with Gasteiger partial charge in [0.25, 0.3) is 0 Å². The van der Waals surface area contributed by atoms with Gasteiger partial charge in [-0.25, -0.2) is 4.79 Å². The fourth-order valence-electron chi connectivity index (χ4n) is 1.55. The van der Waals surface area contributed by atoms with Crippen LogP contribution in [0.2, 0.25) is 0 Å². The first-order valence-electron chi connectivity index (χ1n) is 5.47. The van der Waals surface area contributed by atoms with E-state index in [1.54, 1.807) is 36.4 Å². The van der Waals surface area contributed by atoms with Crippen molar-refractivity contribution in [2.75, 3.05) is 0 Å². The minimum absolute atomic E-state index is 0.418. The molecule has 1 amide bonds. The number of furan rings is 1. The smallest absolute Gasteiger partial charge is 0.328 e. The summed E-state index contributed by atoms with van der Waals surface area (Å²) in [5, 5.41) is 8.51. The Bertz CT molecular complexity index is 638. The maximum Gasteiger partial charge on any atom is 0.328 e. The number of carboxylic acids is 1. The van der Waals surface area contributed by atoms with Crippen LogP contribution in [0.15, 0.2) is 46.9 Å². The predicted molar refractivity (Wildman–Crippen MR) is 69.3 cm³/mol. The zero-order valence-corrected chi connectivity index (χ0v) is 9.87. The largest absolute Gasteiger partial charge is 0.478 e. The van der Waals surface area contributed by atoms with Gasteiger partial charge in [0.05, 0.1) is 0 Å². The Labute approximate surface area is 109 Å². The lowest BCUT2D eigenvalue weighted by atomic mass is 10.1. The number of primary amides is 1. The van der Waals surface area contributed by atoms with Crippen molar-refractivity contribution in [1.82, 2.24) is 0 Å². The second kappa shape index (κ2) is 5.22. The van der Waals surface area contributed by atoms with Gasteiger partial charge in [-0.1, -0.05) is 12.1 Å². The predicted octanol–water partition coefficient (Wildman–Crippen LogP) is 2.14. The van der Waals surface area contributed by atoms with Gasteiger partial charge in [0.1, 0.15) is 11.5 Å². The molecule has 0 saturated carbocycles. The van der Waals surface area contributed by atoms with E-state index in [9.17, 15) is 9.59 Å². The lowest BCUT2D eigenvalue weighted by Gasteiger charge is -1.98. The lowest BCUT2D eigenvalue weighted by molar-refractivity contribution is -0.131. The summed E-state index contributed by atoms with van der Waals surface area (Å²) in [7, 11) is 0. The molecule has 0 spiro atoms. The third-order valence-corrected chi connectivity index (χ3v) is 2.47. The molecule has 0 aliphatic rings. The second-order valence-electron chi connectivity index (χ2n) is 3.82. The molecule has 2 aromatic rings. The number of carbonyl (C=O) groups is 2. The SMILES string of the molecule is NC(=O)c1ccc(-c2ccc(C=CC(=O)O)o2)cc1. The molecule has 0 aliphatic carbocycles. The molecule has 96 valence electrons. The molecule has 19 heavy (non-hydrogen) atoms. The van der Waals surface area contributed by atoms with E-state index < -0.39 is 11.9 Å². The Morgan fingerprint density at radius 3 is 2.37 bits per heavy atom. The van der Waals surface area contributed by atoms with Crippen LogP contribution in [0, 0.1) is 0 Å². The third kappa shape index (κ3) is 3.10. The molecule has 1 heterocycles. The Morgan fingerprint density at radius 1 is 1.11 bits per heavy atom. The summed E-state index contributed by atoms with van der Waals surface area (Å²) in [6, 6.07) is 10.0. The molecule has 1 aromatic carbocycles. The highest BCUT2D eigenvalue weighted by molar-refractivity contribution is 5.93. The molecule has 0 fully saturated rings. The maximum atomic E-state index is 10.9. The number of hydrogen-bond acceptors (Lipinski definition) is 3. The summed E-state index contributed by atoms with van der Waals surface area (Å²) in [5.74, 6) is -0.503. The molecule has 5 heteroatoms. The van der Waals surface area contributed by atoms with Crippen molar-refractivity contribution in [3.05, 3.63) is 53.8 Å². The molecular weight excluding hydrogens is 246 g/mol. The molecule has 0 atom stereocenters. The van der Waals surface area contributed by atoms with Gasteiger partial charge in [0, 0.05) is 17.2 Å². The number of carbonyl (C=O) groups excluding carboxylic acids is 1. The lowest BCUT2D eigenvalue weighted by Crippen LogP contribution is -2.10. The highest BCUT2D eigenvalue weighted by atomic mass is 16.4. The van der Waals surface area contributed by atoms with Crippen molar-refractivity contribution in [3.63, 3.8) is 0 Å². The van der Waals surface area contributed by atoms with E-state index in [1.165, 1.54) is 6.08 Å². The topological polar surface area (TPSA) is 93.5 Å². The summed E-state index contributed by atoms with van der Waals surface area (Å²) in [5.41, 5.74) is 6.34. The molecule has 2 rings (SSSR count). The standard InChI is InChI=1S/C14H11NO4/c15-14(18)10-3-1-9(2-4-10)12-7-5-11(19-12)6-8-13(16)17/h1-8H,(H2,15,18)(H,16,17). The van der Waals surface area contributed by atoms with Gasteiger partial charge in [-0.3, -0.25) is 4.79 Å². The zero-order chi connectivity index (χ0) is 13.8. The van der Waals surface area contributed by atoms with Crippen molar-refractivity contribution >= 4 is 18.0 Å². The van der Waals surface area contributed by atoms with E-state index >= 15 is 0 Å². The van der Waals surface area contributed by atoms with E-state index in [2.05, 4.69) is 0 Å². The molecule has 3 N–H and O–H groups in total. The third-order valence-electron chi connectivity index (χ3n) is 2.47. The number of amides is 1. The van der Waals surface area contributed by atoms with E-state index in [4.69, 9.17) is 15.3 Å². The van der Waals surface area contributed by atoms with E-state index in [0.29, 0.717) is 17.1 Å². The van der Waals surface area contributed by atoms with Crippen LogP contribution < -0.4 is 5.73 Å². The summed E-state index contributed by atoms with van der Waals surface area (Å²) in [4.78, 5) is 21.3. The number of rotatable bonds is 4. The fourth-order valence-corrected chi connectivity index (χ4v) is 1.55. The zero-order valence-electron chi connectivity index (χ0n) is 9.87. The number of carboxylic acid groups (broad SMARTS) is 1. The van der Waals surface area contributed by atoms with Gasteiger partial charge >= 0.3 is 5.97 Å². The minimum Gasteiger partial charge on any atom is -0.478 e. The van der Waals surface area contributed by atoms with Crippen molar-refractivity contribution < 1.29 is 19.1 Å². The minimum atomic E-state index is -1.04. The second-order valence-corrected chi connectivity index (χ2v) is 3.82. The number of nitrogens with two attached hydrogens (primary N) is 1. The maximum absolute atomic E-state index is 10.9. The van der Waals surface area contributed by atoms with E-state index in [0.717, 1.165) is 11.6 Å². The van der Waals surface area contributed by atoms with Crippen LogP contribution in [-0.2, 0) is 4.79 Å².